The minimum atomic E-state index is -3.06. The van der Waals surface area contributed by atoms with Gasteiger partial charge in [0.1, 0.15) is 9.84 Å². The van der Waals surface area contributed by atoms with E-state index in [0.29, 0.717) is 13.0 Å². The summed E-state index contributed by atoms with van der Waals surface area (Å²) in [6.45, 7) is 0.998. The largest absolute Gasteiger partial charge is 0.385 e. The van der Waals surface area contributed by atoms with Gasteiger partial charge in [-0.3, -0.25) is 0 Å². The molecule has 6 nitrogen and oxygen atoms in total. The Balaban J connectivity index is 3.66. The van der Waals surface area contributed by atoms with Crippen molar-refractivity contribution in [3.05, 3.63) is 0 Å². The second kappa shape index (κ2) is 8.02. The van der Waals surface area contributed by atoms with Crippen LogP contribution in [0.1, 0.15) is 6.42 Å². The Morgan fingerprint density at radius 1 is 1.00 bits per heavy atom. The molecule has 0 aromatic heterocycles. The molecular weight excluding hydrogens is 266 g/mol. The van der Waals surface area contributed by atoms with Crippen LogP contribution in [0.5, 0.6) is 0 Å². The fourth-order valence-corrected chi connectivity index (χ4v) is 2.87. The van der Waals surface area contributed by atoms with Crippen molar-refractivity contribution in [2.75, 3.05) is 50.3 Å². The third-order valence-corrected chi connectivity index (χ3v) is 4.73. The molecule has 0 rings (SSSR count). The van der Waals surface area contributed by atoms with Crippen molar-refractivity contribution in [3.63, 3.8) is 0 Å². The first-order valence-corrected chi connectivity index (χ1v) is 9.23. The number of hydrogen-bond acceptors (Lipinski definition) is 6. The summed E-state index contributed by atoms with van der Waals surface area (Å²) in [5.41, 5.74) is 0. The lowest BCUT2D eigenvalue weighted by Gasteiger charge is -2.05. The molecule has 0 spiro atoms. The van der Waals surface area contributed by atoms with E-state index >= 15 is 0 Å². The van der Waals surface area contributed by atoms with Gasteiger partial charge >= 0.3 is 0 Å². The minimum Gasteiger partial charge on any atom is -0.385 e. The van der Waals surface area contributed by atoms with Crippen molar-refractivity contribution in [1.82, 2.24) is 5.32 Å². The molecule has 8 heteroatoms. The molecule has 0 saturated carbocycles. The topological polar surface area (TPSA) is 89.5 Å². The number of hydrogen-bond donors (Lipinski definition) is 1. The Morgan fingerprint density at radius 2 is 1.59 bits per heavy atom. The van der Waals surface area contributed by atoms with E-state index in [0.717, 1.165) is 6.26 Å². The van der Waals surface area contributed by atoms with Crippen LogP contribution >= 0.6 is 0 Å². The summed E-state index contributed by atoms with van der Waals surface area (Å²) >= 11 is 0. The summed E-state index contributed by atoms with van der Waals surface area (Å²) in [5.74, 6) is 0.159. The molecule has 0 radical (unpaired) electrons. The molecule has 0 amide bonds. The van der Waals surface area contributed by atoms with Crippen LogP contribution in [0.2, 0.25) is 0 Å². The van der Waals surface area contributed by atoms with Gasteiger partial charge in [0.25, 0.3) is 0 Å². The van der Waals surface area contributed by atoms with Crippen LogP contribution in [-0.4, -0.2) is 67.2 Å². The summed E-state index contributed by atoms with van der Waals surface area (Å²) < 4.78 is 49.3. The maximum absolute atomic E-state index is 11.5. The zero-order valence-corrected chi connectivity index (χ0v) is 11.9. The first-order chi connectivity index (χ1) is 7.77. The molecule has 0 aromatic carbocycles. The van der Waals surface area contributed by atoms with Crippen molar-refractivity contribution in [2.45, 2.75) is 6.42 Å². The van der Waals surface area contributed by atoms with Gasteiger partial charge in [0.05, 0.1) is 17.3 Å². The summed E-state index contributed by atoms with van der Waals surface area (Å²) in [6, 6.07) is 0. The van der Waals surface area contributed by atoms with Crippen LogP contribution in [0.25, 0.3) is 0 Å². The van der Waals surface area contributed by atoms with Crippen LogP contribution in [0.15, 0.2) is 0 Å². The van der Waals surface area contributed by atoms with E-state index in [9.17, 15) is 16.8 Å². The molecule has 0 aliphatic carbocycles. The normalized spacial score (nSPS) is 12.8. The van der Waals surface area contributed by atoms with Crippen LogP contribution in [0.3, 0.4) is 0 Å². The van der Waals surface area contributed by atoms with Crippen molar-refractivity contribution >= 4 is 19.7 Å². The van der Waals surface area contributed by atoms with Gasteiger partial charge in [0.2, 0.25) is 0 Å². The van der Waals surface area contributed by atoms with E-state index in [-0.39, 0.29) is 30.3 Å². The van der Waals surface area contributed by atoms with Crippen molar-refractivity contribution in [3.8, 4) is 0 Å². The monoisotopic (exact) mass is 287 g/mol. The van der Waals surface area contributed by atoms with Crippen LogP contribution in [0.4, 0.5) is 0 Å². The summed E-state index contributed by atoms with van der Waals surface area (Å²) in [6.07, 6.45) is 1.64. The van der Waals surface area contributed by atoms with Gasteiger partial charge in [-0.25, -0.2) is 16.8 Å². The molecule has 0 unspecified atom stereocenters. The Kier molecular flexibility index (Phi) is 7.93. The predicted molar refractivity (Wildman–Crippen MR) is 67.7 cm³/mol. The fourth-order valence-electron chi connectivity index (χ4n) is 1.14. The van der Waals surface area contributed by atoms with Gasteiger partial charge in [-0.05, 0) is 6.42 Å². The number of sulfone groups is 2. The Bertz CT molecular complexity index is 388. The lowest BCUT2D eigenvalue weighted by Crippen LogP contribution is -2.28. The zero-order chi connectivity index (χ0) is 13.4. The molecule has 0 saturated heterocycles. The molecule has 0 aliphatic heterocycles. The van der Waals surface area contributed by atoms with Crippen LogP contribution in [0, 0.1) is 0 Å². The lowest BCUT2D eigenvalue weighted by molar-refractivity contribution is 0.199. The van der Waals surface area contributed by atoms with Gasteiger partial charge < -0.3 is 10.1 Å². The molecule has 0 bridgehead atoms. The van der Waals surface area contributed by atoms with E-state index < -0.39 is 19.7 Å². The molecule has 0 aromatic rings. The highest BCUT2D eigenvalue weighted by Gasteiger charge is 2.10. The van der Waals surface area contributed by atoms with E-state index in [1.165, 1.54) is 7.11 Å². The third kappa shape index (κ3) is 12.1. The molecule has 17 heavy (non-hydrogen) atoms. The molecule has 0 atom stereocenters. The second-order valence-electron chi connectivity index (χ2n) is 3.88. The summed E-state index contributed by atoms with van der Waals surface area (Å²) in [5, 5.41) is 2.80. The number of nitrogens with one attached hydrogen (secondary N) is 1. The van der Waals surface area contributed by atoms with Crippen molar-refractivity contribution in [1.29, 1.82) is 0 Å². The Morgan fingerprint density at radius 3 is 2.12 bits per heavy atom. The second-order valence-corrected chi connectivity index (χ2v) is 8.44. The third-order valence-electron chi connectivity index (χ3n) is 2.04. The zero-order valence-electron chi connectivity index (χ0n) is 10.3. The Hall–Kier alpha value is -0.180. The highest BCUT2D eigenvalue weighted by Crippen LogP contribution is 1.93. The van der Waals surface area contributed by atoms with Gasteiger partial charge in [0.15, 0.2) is 9.84 Å². The SMILES string of the molecule is COCCCS(=O)(=O)CCNCCS(C)(=O)=O. The van der Waals surface area contributed by atoms with Crippen LogP contribution < -0.4 is 5.32 Å². The van der Waals surface area contributed by atoms with Crippen molar-refractivity contribution < 1.29 is 21.6 Å². The summed E-state index contributed by atoms with van der Waals surface area (Å²) in [7, 11) is -4.52. The van der Waals surface area contributed by atoms with Crippen molar-refractivity contribution in [2.24, 2.45) is 0 Å². The average Bonchev–Trinajstić information content (AvgIpc) is 2.15. The first kappa shape index (κ1) is 16.8. The van der Waals surface area contributed by atoms with Gasteiger partial charge in [-0.15, -0.1) is 0 Å². The molecule has 104 valence electrons. The number of rotatable bonds is 10. The molecule has 0 fully saturated rings. The molecule has 1 N–H and O–H groups in total. The molecular formula is C9H21NO5S2. The van der Waals surface area contributed by atoms with E-state index in [4.69, 9.17) is 4.74 Å². The summed E-state index contributed by atoms with van der Waals surface area (Å²) in [4.78, 5) is 0. The average molecular weight is 287 g/mol. The van der Waals surface area contributed by atoms with Gasteiger partial charge in [-0.2, -0.15) is 0 Å². The van der Waals surface area contributed by atoms with E-state index in [2.05, 4.69) is 5.32 Å². The molecule has 0 aliphatic rings. The Labute approximate surface area is 104 Å². The highest BCUT2D eigenvalue weighted by molar-refractivity contribution is 7.91. The maximum Gasteiger partial charge on any atom is 0.151 e. The van der Waals surface area contributed by atoms with Gasteiger partial charge in [0, 0.05) is 33.1 Å². The van der Waals surface area contributed by atoms with Gasteiger partial charge in [-0.1, -0.05) is 0 Å². The number of ether oxygens (including phenoxy) is 1. The lowest BCUT2D eigenvalue weighted by atomic mass is 10.5. The smallest absolute Gasteiger partial charge is 0.151 e. The maximum atomic E-state index is 11.5. The number of methoxy groups -OCH3 is 1. The highest BCUT2D eigenvalue weighted by atomic mass is 32.2. The van der Waals surface area contributed by atoms with E-state index in [1.807, 2.05) is 0 Å². The standard InChI is InChI=1S/C9H21NO5S2/c1-15-6-3-7-17(13,14)9-5-10-4-8-16(2,11)12/h10H,3-9H2,1-2H3. The van der Waals surface area contributed by atoms with E-state index in [1.54, 1.807) is 0 Å². The minimum absolute atomic E-state index is 0.0245. The van der Waals surface area contributed by atoms with Crippen LogP contribution in [-0.2, 0) is 24.4 Å². The quantitative estimate of drug-likeness (QED) is 0.522. The predicted octanol–water partition coefficient (Wildman–Crippen LogP) is -0.928. The fraction of sp³-hybridized carbons (Fsp3) is 1.00. The molecule has 0 heterocycles. The first-order valence-electron chi connectivity index (χ1n) is 5.34.